The summed E-state index contributed by atoms with van der Waals surface area (Å²) in [6.07, 6.45) is 3.14. The Kier molecular flexibility index (Phi) is 4.37. The highest BCUT2D eigenvalue weighted by Crippen LogP contribution is 2.35. The van der Waals surface area contributed by atoms with Crippen molar-refractivity contribution < 1.29 is 4.79 Å². The summed E-state index contributed by atoms with van der Waals surface area (Å²) in [5.74, 6) is 1.05. The predicted molar refractivity (Wildman–Crippen MR) is 100 cm³/mol. The normalized spacial score (nSPS) is 24.3. The van der Waals surface area contributed by atoms with Gasteiger partial charge in [0, 0.05) is 30.1 Å². The molecule has 5 heteroatoms. The van der Waals surface area contributed by atoms with Crippen LogP contribution in [0.4, 0.5) is 0 Å². The molecule has 0 radical (unpaired) electrons. The van der Waals surface area contributed by atoms with Crippen molar-refractivity contribution in [3.05, 3.63) is 41.6 Å². The maximum absolute atomic E-state index is 12.8. The van der Waals surface area contributed by atoms with Crippen molar-refractivity contribution >= 4 is 16.8 Å². The Morgan fingerprint density at radius 3 is 2.85 bits per heavy atom. The van der Waals surface area contributed by atoms with Crippen LogP contribution < -0.4 is 5.73 Å². The Balaban J connectivity index is 1.61. The zero-order valence-corrected chi connectivity index (χ0v) is 15.1. The number of nitriles is 1. The average Bonchev–Trinajstić information content (AvgIpc) is 3.50. The van der Waals surface area contributed by atoms with E-state index in [0.717, 1.165) is 42.4 Å². The zero-order chi connectivity index (χ0) is 18.3. The number of pyridine rings is 1. The number of piperidine rings is 1. The fourth-order valence-corrected chi connectivity index (χ4v) is 4.09. The molecule has 3 atom stereocenters. The lowest BCUT2D eigenvalue weighted by atomic mass is 9.87. The van der Waals surface area contributed by atoms with Gasteiger partial charge in [0.05, 0.1) is 17.1 Å². The van der Waals surface area contributed by atoms with Gasteiger partial charge in [-0.05, 0) is 43.2 Å². The quantitative estimate of drug-likeness (QED) is 0.924. The van der Waals surface area contributed by atoms with E-state index in [9.17, 15) is 10.1 Å². The molecular formula is C21H24N4O. The first-order valence-corrected chi connectivity index (χ1v) is 9.41. The molecule has 2 heterocycles. The molecule has 1 aliphatic carbocycles. The Morgan fingerprint density at radius 1 is 1.31 bits per heavy atom. The SMILES string of the molecule is C[C@H]1C[C@H](c2ccc3cccc(C#N)c3n2)CN(C(=O)C(N)C2CC2)C1. The van der Waals surface area contributed by atoms with Gasteiger partial charge < -0.3 is 10.6 Å². The molecule has 2 aromatic rings. The van der Waals surface area contributed by atoms with Gasteiger partial charge in [-0.3, -0.25) is 9.78 Å². The first kappa shape index (κ1) is 17.0. The number of carbonyl (C=O) groups excluding carboxylic acids is 1. The standard InChI is InChI=1S/C21H24N4O/c1-13-9-17(12-25(11-13)21(26)19(23)14-5-6-14)18-8-7-15-3-2-4-16(10-22)20(15)24-18/h2-4,7-8,13-14,17,19H,5-6,9,11-12,23H2,1H3/t13-,17-,19?/m0/s1. The maximum atomic E-state index is 12.8. The van der Waals surface area contributed by atoms with Gasteiger partial charge in [0.15, 0.2) is 0 Å². The van der Waals surface area contributed by atoms with Gasteiger partial charge >= 0.3 is 0 Å². The number of fused-ring (bicyclic) bond motifs is 1. The number of rotatable bonds is 3. The second-order valence-electron chi connectivity index (χ2n) is 7.87. The lowest BCUT2D eigenvalue weighted by molar-refractivity contribution is -0.135. The molecule has 0 spiro atoms. The Labute approximate surface area is 153 Å². The van der Waals surface area contributed by atoms with Crippen LogP contribution in [-0.4, -0.2) is 34.9 Å². The summed E-state index contributed by atoms with van der Waals surface area (Å²) in [6, 6.07) is 11.6. The number of nitrogens with zero attached hydrogens (tertiary/aromatic N) is 3. The van der Waals surface area contributed by atoms with Gasteiger partial charge in [-0.25, -0.2) is 0 Å². The van der Waals surface area contributed by atoms with E-state index in [4.69, 9.17) is 10.7 Å². The number of nitrogens with two attached hydrogens (primary N) is 1. The molecule has 1 amide bonds. The number of benzene rings is 1. The van der Waals surface area contributed by atoms with E-state index < -0.39 is 0 Å². The lowest BCUT2D eigenvalue weighted by Crippen LogP contribution is -2.50. The van der Waals surface area contributed by atoms with Crippen LogP contribution >= 0.6 is 0 Å². The van der Waals surface area contributed by atoms with Gasteiger partial charge in [0.1, 0.15) is 6.07 Å². The number of carbonyl (C=O) groups is 1. The summed E-state index contributed by atoms with van der Waals surface area (Å²) < 4.78 is 0. The molecule has 5 nitrogen and oxygen atoms in total. The second-order valence-corrected chi connectivity index (χ2v) is 7.87. The Hall–Kier alpha value is -2.45. The van der Waals surface area contributed by atoms with Crippen LogP contribution in [0.25, 0.3) is 10.9 Å². The molecule has 1 aliphatic heterocycles. The fraction of sp³-hybridized carbons (Fsp3) is 0.476. The van der Waals surface area contributed by atoms with E-state index >= 15 is 0 Å². The zero-order valence-electron chi connectivity index (χ0n) is 15.1. The van der Waals surface area contributed by atoms with Gasteiger partial charge in [-0.1, -0.05) is 25.1 Å². The summed E-state index contributed by atoms with van der Waals surface area (Å²) in [5, 5.41) is 10.3. The van der Waals surface area contributed by atoms with Gasteiger partial charge in [0.2, 0.25) is 5.91 Å². The average molecular weight is 348 g/mol. The van der Waals surface area contributed by atoms with Crippen LogP contribution in [0, 0.1) is 23.2 Å². The molecule has 2 N–H and O–H groups in total. The summed E-state index contributed by atoms with van der Waals surface area (Å²) in [6.45, 7) is 3.61. The summed E-state index contributed by atoms with van der Waals surface area (Å²) >= 11 is 0. The molecule has 1 saturated carbocycles. The fourth-order valence-electron chi connectivity index (χ4n) is 4.09. The molecule has 1 aromatic carbocycles. The number of aromatic nitrogens is 1. The van der Waals surface area contributed by atoms with Crippen LogP contribution in [0.1, 0.15) is 43.4 Å². The van der Waals surface area contributed by atoms with E-state index in [-0.39, 0.29) is 17.9 Å². The van der Waals surface area contributed by atoms with Crippen molar-refractivity contribution in [2.24, 2.45) is 17.6 Å². The van der Waals surface area contributed by atoms with Crippen LogP contribution in [-0.2, 0) is 4.79 Å². The highest BCUT2D eigenvalue weighted by Gasteiger charge is 2.38. The van der Waals surface area contributed by atoms with Crippen LogP contribution in [0.2, 0.25) is 0 Å². The molecule has 134 valence electrons. The van der Waals surface area contributed by atoms with Crippen LogP contribution in [0.15, 0.2) is 30.3 Å². The van der Waals surface area contributed by atoms with E-state index in [1.807, 2.05) is 29.2 Å². The molecule has 2 fully saturated rings. The molecule has 0 bridgehead atoms. The van der Waals surface area contributed by atoms with E-state index in [1.54, 1.807) is 6.07 Å². The molecule has 1 aromatic heterocycles. The lowest BCUT2D eigenvalue weighted by Gasteiger charge is -2.37. The number of hydrogen-bond donors (Lipinski definition) is 1. The van der Waals surface area contributed by atoms with E-state index in [2.05, 4.69) is 13.0 Å². The van der Waals surface area contributed by atoms with Crippen molar-refractivity contribution in [1.29, 1.82) is 5.26 Å². The first-order valence-electron chi connectivity index (χ1n) is 9.41. The summed E-state index contributed by atoms with van der Waals surface area (Å²) in [5.41, 5.74) is 8.46. The Morgan fingerprint density at radius 2 is 2.12 bits per heavy atom. The Bertz CT molecular complexity index is 883. The number of likely N-dealkylation sites (tertiary alicyclic amines) is 1. The molecule has 1 saturated heterocycles. The van der Waals surface area contributed by atoms with Crippen molar-refractivity contribution in [3.8, 4) is 6.07 Å². The van der Waals surface area contributed by atoms with Crippen molar-refractivity contribution in [3.63, 3.8) is 0 Å². The second kappa shape index (κ2) is 6.69. The van der Waals surface area contributed by atoms with Crippen molar-refractivity contribution in [1.82, 2.24) is 9.88 Å². The van der Waals surface area contributed by atoms with Crippen LogP contribution in [0.5, 0.6) is 0 Å². The topological polar surface area (TPSA) is 83.0 Å². The van der Waals surface area contributed by atoms with Gasteiger partial charge in [-0.15, -0.1) is 0 Å². The molecule has 26 heavy (non-hydrogen) atoms. The minimum absolute atomic E-state index is 0.0857. The number of para-hydroxylation sites is 1. The van der Waals surface area contributed by atoms with Crippen molar-refractivity contribution in [2.45, 2.75) is 38.1 Å². The number of hydrogen-bond acceptors (Lipinski definition) is 4. The van der Waals surface area contributed by atoms with E-state index in [1.165, 1.54) is 0 Å². The third kappa shape index (κ3) is 3.17. The van der Waals surface area contributed by atoms with Crippen molar-refractivity contribution in [2.75, 3.05) is 13.1 Å². The summed E-state index contributed by atoms with van der Waals surface area (Å²) in [7, 11) is 0. The van der Waals surface area contributed by atoms with Crippen LogP contribution in [0.3, 0.4) is 0 Å². The molecule has 1 unspecified atom stereocenters. The highest BCUT2D eigenvalue weighted by atomic mass is 16.2. The summed E-state index contributed by atoms with van der Waals surface area (Å²) in [4.78, 5) is 19.5. The largest absolute Gasteiger partial charge is 0.340 e. The predicted octanol–water partition coefficient (Wildman–Crippen LogP) is 2.80. The highest BCUT2D eigenvalue weighted by molar-refractivity contribution is 5.84. The van der Waals surface area contributed by atoms with Gasteiger partial charge in [0.25, 0.3) is 0 Å². The number of amides is 1. The first-order chi connectivity index (χ1) is 12.6. The van der Waals surface area contributed by atoms with E-state index in [0.29, 0.717) is 23.9 Å². The monoisotopic (exact) mass is 348 g/mol. The third-order valence-electron chi connectivity index (χ3n) is 5.67. The maximum Gasteiger partial charge on any atom is 0.239 e. The minimum Gasteiger partial charge on any atom is -0.340 e. The molecular weight excluding hydrogens is 324 g/mol. The van der Waals surface area contributed by atoms with Gasteiger partial charge in [-0.2, -0.15) is 5.26 Å². The molecule has 4 rings (SSSR count). The minimum atomic E-state index is -0.351. The molecule has 2 aliphatic rings. The third-order valence-corrected chi connectivity index (χ3v) is 5.67. The smallest absolute Gasteiger partial charge is 0.239 e.